The first kappa shape index (κ1) is 22.9. The maximum Gasteiger partial charge on any atom is 0.379 e. The lowest BCUT2D eigenvalue weighted by atomic mass is 10.1. The summed E-state index contributed by atoms with van der Waals surface area (Å²) in [5, 5.41) is -0.0624. The Hall–Kier alpha value is -3.89. The van der Waals surface area contributed by atoms with E-state index in [0.29, 0.717) is 27.6 Å². The number of benzene rings is 2. The average Bonchev–Trinajstić information content (AvgIpc) is 3.59. The molecule has 0 atom stereocenters. The van der Waals surface area contributed by atoms with E-state index in [9.17, 15) is 14.4 Å². The number of furan rings is 1. The van der Waals surface area contributed by atoms with Crippen LogP contribution in [0.5, 0.6) is 23.0 Å². The first-order chi connectivity index (χ1) is 16.9. The molecule has 0 N–H and O–H groups in total. The monoisotopic (exact) mass is 513 g/mol. The summed E-state index contributed by atoms with van der Waals surface area (Å²) in [7, 11) is 1.42. The third kappa shape index (κ3) is 4.58. The summed E-state index contributed by atoms with van der Waals surface area (Å²) in [5.41, 5.74) is 1.13. The summed E-state index contributed by atoms with van der Waals surface area (Å²) in [6.07, 6.45) is 2.93. The summed E-state index contributed by atoms with van der Waals surface area (Å²) in [4.78, 5) is 39.1. The number of hydrogen-bond donors (Lipinski definition) is 0. The van der Waals surface area contributed by atoms with Crippen LogP contribution in [0.2, 0.25) is 5.02 Å². The Bertz CT molecular complexity index is 1370. The van der Waals surface area contributed by atoms with Crippen molar-refractivity contribution in [1.29, 1.82) is 0 Å². The van der Waals surface area contributed by atoms with Gasteiger partial charge in [-0.25, -0.2) is 4.79 Å². The largest absolute Gasteiger partial charge is 0.493 e. The lowest BCUT2D eigenvalue weighted by Crippen LogP contribution is -2.27. The van der Waals surface area contributed by atoms with Crippen LogP contribution >= 0.6 is 23.4 Å². The molecule has 0 saturated carbocycles. The topological polar surface area (TPSA) is 105 Å². The van der Waals surface area contributed by atoms with Crippen LogP contribution in [0.15, 0.2) is 58.1 Å². The van der Waals surface area contributed by atoms with Crippen LogP contribution in [0.4, 0.5) is 4.79 Å². The Morgan fingerprint density at radius 3 is 2.69 bits per heavy atom. The fraction of sp³-hybridized carbons (Fsp3) is 0.125. The van der Waals surface area contributed by atoms with Gasteiger partial charge in [0.05, 0.1) is 24.8 Å². The van der Waals surface area contributed by atoms with E-state index in [1.165, 1.54) is 25.5 Å². The molecule has 0 bridgehead atoms. The van der Waals surface area contributed by atoms with E-state index in [1.54, 1.807) is 36.4 Å². The second kappa shape index (κ2) is 9.40. The van der Waals surface area contributed by atoms with Gasteiger partial charge in [0.25, 0.3) is 11.1 Å². The zero-order valence-electron chi connectivity index (χ0n) is 18.1. The maximum absolute atomic E-state index is 13.0. The summed E-state index contributed by atoms with van der Waals surface area (Å²) >= 11 is 7.12. The zero-order valence-corrected chi connectivity index (χ0v) is 19.7. The van der Waals surface area contributed by atoms with Crippen molar-refractivity contribution >= 4 is 46.6 Å². The number of nitrogens with zero attached hydrogens (tertiary/aromatic N) is 1. The summed E-state index contributed by atoms with van der Waals surface area (Å²) in [6.45, 7) is 0.0756. The predicted molar refractivity (Wildman–Crippen MR) is 126 cm³/mol. The molecule has 2 aliphatic heterocycles. The molecule has 0 unspecified atom stereocenters. The molecule has 1 fully saturated rings. The number of carbonyl (C=O) groups excluding carboxylic acids is 3. The van der Waals surface area contributed by atoms with Gasteiger partial charge < -0.3 is 23.4 Å². The molecule has 11 heteroatoms. The molecule has 178 valence electrons. The standard InChI is InChI=1S/C24H16ClNO8S/c1-30-18-7-13(4-5-16(18)34-23(28)17-3-2-6-31-17)8-21-22(27)26(24(29)35-21)11-14-9-19-20(10-15(14)25)33-12-32-19/h2-10H,11-12H2,1H3/b21-8-. The number of thioether (sulfide) groups is 1. The van der Waals surface area contributed by atoms with E-state index >= 15 is 0 Å². The maximum atomic E-state index is 13.0. The number of methoxy groups -OCH3 is 1. The van der Waals surface area contributed by atoms with Crippen molar-refractivity contribution < 1.29 is 37.7 Å². The van der Waals surface area contributed by atoms with Gasteiger partial charge in [-0.15, -0.1) is 0 Å². The molecule has 0 spiro atoms. The quantitative estimate of drug-likeness (QED) is 0.252. The Kier molecular flexibility index (Phi) is 6.14. The van der Waals surface area contributed by atoms with Crippen molar-refractivity contribution in [3.8, 4) is 23.0 Å². The van der Waals surface area contributed by atoms with Gasteiger partial charge in [0, 0.05) is 11.1 Å². The number of ether oxygens (including phenoxy) is 4. The van der Waals surface area contributed by atoms with E-state index in [-0.39, 0.29) is 35.5 Å². The summed E-state index contributed by atoms with van der Waals surface area (Å²) < 4.78 is 26.3. The van der Waals surface area contributed by atoms with Gasteiger partial charge in [-0.3, -0.25) is 14.5 Å². The third-order valence-corrected chi connectivity index (χ3v) is 6.41. The van der Waals surface area contributed by atoms with Crippen molar-refractivity contribution in [3.05, 3.63) is 75.5 Å². The molecule has 35 heavy (non-hydrogen) atoms. The number of fused-ring (bicyclic) bond motifs is 1. The van der Waals surface area contributed by atoms with Crippen molar-refractivity contribution in [2.24, 2.45) is 0 Å². The van der Waals surface area contributed by atoms with Gasteiger partial charge in [-0.05, 0) is 59.3 Å². The van der Waals surface area contributed by atoms with Crippen LogP contribution in [-0.4, -0.2) is 35.9 Å². The van der Waals surface area contributed by atoms with Crippen molar-refractivity contribution in [3.63, 3.8) is 0 Å². The van der Waals surface area contributed by atoms with Crippen LogP contribution in [0.3, 0.4) is 0 Å². The molecule has 3 heterocycles. The molecule has 2 aliphatic rings. The second-order valence-electron chi connectivity index (χ2n) is 7.34. The van der Waals surface area contributed by atoms with Gasteiger partial charge in [0.1, 0.15) is 0 Å². The Morgan fingerprint density at radius 2 is 1.94 bits per heavy atom. The number of esters is 1. The number of hydrogen-bond acceptors (Lipinski definition) is 9. The van der Waals surface area contributed by atoms with Crippen molar-refractivity contribution in [2.75, 3.05) is 13.9 Å². The van der Waals surface area contributed by atoms with E-state index in [0.717, 1.165) is 16.7 Å². The van der Waals surface area contributed by atoms with Crippen molar-refractivity contribution in [2.45, 2.75) is 6.54 Å². The number of rotatable bonds is 6. The van der Waals surface area contributed by atoms with Crippen LogP contribution in [-0.2, 0) is 11.3 Å². The highest BCUT2D eigenvalue weighted by Crippen LogP contribution is 2.40. The normalized spacial score (nSPS) is 15.7. The van der Waals surface area contributed by atoms with Crippen molar-refractivity contribution in [1.82, 2.24) is 4.90 Å². The molecule has 0 aliphatic carbocycles. The zero-order chi connectivity index (χ0) is 24.5. The lowest BCUT2D eigenvalue weighted by molar-refractivity contribution is -0.123. The molecule has 1 saturated heterocycles. The number of imide groups is 1. The minimum atomic E-state index is -0.677. The first-order valence-electron chi connectivity index (χ1n) is 10.2. The Morgan fingerprint density at radius 1 is 1.14 bits per heavy atom. The van der Waals surface area contributed by atoms with E-state index < -0.39 is 17.1 Å². The minimum absolute atomic E-state index is 0.0114. The molecular formula is C24H16ClNO8S. The van der Waals surface area contributed by atoms with Gasteiger partial charge in [0.2, 0.25) is 12.6 Å². The predicted octanol–water partition coefficient (Wildman–Crippen LogP) is 5.13. The average molecular weight is 514 g/mol. The highest BCUT2D eigenvalue weighted by atomic mass is 35.5. The van der Waals surface area contributed by atoms with Crippen LogP contribution in [0, 0.1) is 0 Å². The van der Waals surface area contributed by atoms with Crippen LogP contribution < -0.4 is 18.9 Å². The minimum Gasteiger partial charge on any atom is -0.493 e. The fourth-order valence-electron chi connectivity index (χ4n) is 3.44. The number of halogens is 1. The molecule has 9 nitrogen and oxygen atoms in total. The molecule has 0 radical (unpaired) electrons. The van der Waals surface area contributed by atoms with Gasteiger partial charge in [-0.2, -0.15) is 0 Å². The van der Waals surface area contributed by atoms with Crippen LogP contribution in [0.25, 0.3) is 6.08 Å². The van der Waals surface area contributed by atoms with Crippen LogP contribution in [0.1, 0.15) is 21.7 Å². The van der Waals surface area contributed by atoms with Gasteiger partial charge >= 0.3 is 5.97 Å². The number of carbonyl (C=O) groups is 3. The van der Waals surface area contributed by atoms with Gasteiger partial charge in [-0.1, -0.05) is 17.7 Å². The second-order valence-corrected chi connectivity index (χ2v) is 8.74. The smallest absolute Gasteiger partial charge is 0.379 e. The van der Waals surface area contributed by atoms with E-state index in [2.05, 4.69) is 0 Å². The highest BCUT2D eigenvalue weighted by molar-refractivity contribution is 8.18. The molecule has 1 aromatic heterocycles. The first-order valence-corrected chi connectivity index (χ1v) is 11.4. The summed E-state index contributed by atoms with van der Waals surface area (Å²) in [6, 6.07) is 11.1. The third-order valence-electron chi connectivity index (χ3n) is 5.15. The highest BCUT2D eigenvalue weighted by Gasteiger charge is 2.36. The molecular weight excluding hydrogens is 498 g/mol. The number of amides is 2. The molecule has 3 aromatic rings. The summed E-state index contributed by atoms with van der Waals surface area (Å²) in [5.74, 6) is 0.381. The molecule has 2 amide bonds. The van der Waals surface area contributed by atoms with Gasteiger partial charge in [0.15, 0.2) is 23.0 Å². The SMILES string of the molecule is COc1cc(/C=C2\SC(=O)N(Cc3cc4c(cc3Cl)OCO4)C2=O)ccc1OC(=O)c1ccco1. The Balaban J connectivity index is 1.34. The molecule has 5 rings (SSSR count). The molecule has 2 aromatic carbocycles. The Labute approximate surface area is 208 Å². The fourth-order valence-corrected chi connectivity index (χ4v) is 4.49. The van der Waals surface area contributed by atoms with E-state index in [4.69, 9.17) is 35.0 Å². The van der Waals surface area contributed by atoms with E-state index in [1.807, 2.05) is 0 Å². The lowest BCUT2D eigenvalue weighted by Gasteiger charge is -2.14.